The Bertz CT molecular complexity index is 948. The zero-order valence-corrected chi connectivity index (χ0v) is 12.7. The zero-order valence-electron chi connectivity index (χ0n) is 12.7. The van der Waals surface area contributed by atoms with Gasteiger partial charge in [-0.2, -0.15) is 15.6 Å². The first-order chi connectivity index (χ1) is 11.9. The predicted molar refractivity (Wildman–Crippen MR) is 86.7 cm³/mol. The maximum atomic E-state index is 10.9. The van der Waals surface area contributed by atoms with E-state index in [9.17, 15) is 25.7 Å². The molecule has 1 aromatic carbocycles. The summed E-state index contributed by atoms with van der Waals surface area (Å²) in [6, 6.07) is 7.51. The van der Waals surface area contributed by atoms with Crippen LogP contribution in [0.15, 0.2) is 18.2 Å². The second-order valence-electron chi connectivity index (χ2n) is 4.81. The number of nitro benzene ring substituents is 1. The molecule has 10 heteroatoms. The number of hydrogen-bond donors (Lipinski definition) is 3. The molecule has 0 aliphatic carbocycles. The van der Waals surface area contributed by atoms with Gasteiger partial charge in [0.05, 0.1) is 23.6 Å². The highest BCUT2D eigenvalue weighted by Crippen LogP contribution is 2.33. The van der Waals surface area contributed by atoms with Crippen LogP contribution < -0.4 is 5.73 Å². The molecule has 10 nitrogen and oxygen atoms in total. The molecule has 2 rings (SSSR count). The third kappa shape index (κ3) is 3.24. The first kappa shape index (κ1) is 17.5. The minimum Gasteiger partial charge on any atom is -0.502 e. The molecule has 0 amide bonds. The molecular weight excluding hydrogens is 328 g/mol. The molecule has 126 valence electrons. The van der Waals surface area contributed by atoms with Gasteiger partial charge in [0.2, 0.25) is 5.75 Å². The summed E-state index contributed by atoms with van der Waals surface area (Å²) >= 11 is 0. The van der Waals surface area contributed by atoms with Crippen molar-refractivity contribution < 1.29 is 15.1 Å². The number of para-hydroxylation sites is 1. The molecule has 1 heterocycles. The third-order valence-electron chi connectivity index (χ3n) is 3.33. The van der Waals surface area contributed by atoms with Gasteiger partial charge in [0, 0.05) is 11.6 Å². The van der Waals surface area contributed by atoms with E-state index in [1.54, 1.807) is 0 Å². The first-order valence-electron chi connectivity index (χ1n) is 6.90. The summed E-state index contributed by atoms with van der Waals surface area (Å²) in [5, 5.41) is 52.5. The van der Waals surface area contributed by atoms with E-state index in [0.717, 1.165) is 6.07 Å². The summed E-state index contributed by atoms with van der Waals surface area (Å²) in [6.45, 7) is -0.241. The fourth-order valence-corrected chi connectivity index (χ4v) is 2.16. The van der Waals surface area contributed by atoms with Crippen molar-refractivity contribution in [3.63, 3.8) is 0 Å². The summed E-state index contributed by atoms with van der Waals surface area (Å²) in [7, 11) is 0. The highest BCUT2D eigenvalue weighted by Gasteiger charge is 2.21. The molecule has 0 radical (unpaired) electrons. The van der Waals surface area contributed by atoms with Crippen LogP contribution in [-0.2, 0) is 6.54 Å². The minimum absolute atomic E-state index is 0.0176. The highest BCUT2D eigenvalue weighted by molar-refractivity contribution is 5.92. The quantitative estimate of drug-likeness (QED) is 0.410. The number of nitrogen functional groups attached to an aromatic ring is 1. The van der Waals surface area contributed by atoms with Crippen molar-refractivity contribution in [1.29, 1.82) is 10.5 Å². The predicted octanol–water partition coefficient (Wildman–Crippen LogP) is 1.01. The number of phenols is 1. The maximum absolute atomic E-state index is 10.9. The monoisotopic (exact) mass is 340 g/mol. The molecule has 0 aliphatic heterocycles. The normalized spacial score (nSPS) is 10.9. The molecule has 0 fully saturated rings. The number of nitriles is 2. The zero-order chi connectivity index (χ0) is 18.6. The lowest BCUT2D eigenvalue weighted by Crippen LogP contribution is -2.07. The Hall–Kier alpha value is -3.89. The van der Waals surface area contributed by atoms with Gasteiger partial charge in [-0.15, -0.1) is 0 Å². The Morgan fingerprint density at radius 2 is 2.20 bits per heavy atom. The van der Waals surface area contributed by atoms with E-state index >= 15 is 0 Å². The van der Waals surface area contributed by atoms with E-state index in [4.69, 9.17) is 10.8 Å². The van der Waals surface area contributed by atoms with Gasteiger partial charge in [-0.3, -0.25) is 10.1 Å². The Morgan fingerprint density at radius 3 is 2.76 bits per heavy atom. The smallest absolute Gasteiger partial charge is 0.311 e. The van der Waals surface area contributed by atoms with Gasteiger partial charge < -0.3 is 15.9 Å². The van der Waals surface area contributed by atoms with Crippen LogP contribution in [0, 0.1) is 32.8 Å². The number of aromatic hydroxyl groups is 1. The van der Waals surface area contributed by atoms with E-state index in [-0.39, 0.29) is 41.4 Å². The second kappa shape index (κ2) is 7.12. The summed E-state index contributed by atoms with van der Waals surface area (Å²) in [6.07, 6.45) is 1.17. The maximum Gasteiger partial charge on any atom is 0.311 e. The third-order valence-corrected chi connectivity index (χ3v) is 3.33. The molecule has 1 aromatic heterocycles. The highest BCUT2D eigenvalue weighted by atomic mass is 16.6. The van der Waals surface area contributed by atoms with Crippen molar-refractivity contribution >= 4 is 23.2 Å². The number of phenolic OH excluding ortho intramolecular Hbond substituents is 1. The van der Waals surface area contributed by atoms with Gasteiger partial charge in [0.25, 0.3) is 0 Å². The first-order valence-corrected chi connectivity index (χ1v) is 6.90. The molecule has 0 aliphatic rings. The summed E-state index contributed by atoms with van der Waals surface area (Å²) < 4.78 is 1.17. The topological polar surface area (TPSA) is 175 Å². The van der Waals surface area contributed by atoms with Crippen LogP contribution in [0.2, 0.25) is 0 Å². The van der Waals surface area contributed by atoms with E-state index in [1.165, 1.54) is 22.9 Å². The van der Waals surface area contributed by atoms with E-state index < -0.39 is 16.4 Å². The van der Waals surface area contributed by atoms with Crippen molar-refractivity contribution in [3.8, 4) is 17.9 Å². The van der Waals surface area contributed by atoms with Crippen LogP contribution in [0.25, 0.3) is 11.6 Å². The van der Waals surface area contributed by atoms with Crippen molar-refractivity contribution in [2.45, 2.75) is 6.54 Å². The number of nitrogens with zero attached hydrogens (tertiary/aromatic N) is 5. The lowest BCUT2D eigenvalue weighted by Gasteiger charge is -2.01. The average Bonchev–Trinajstić information content (AvgIpc) is 2.90. The van der Waals surface area contributed by atoms with E-state index in [0.29, 0.717) is 0 Å². The lowest BCUT2D eigenvalue weighted by molar-refractivity contribution is -0.385. The number of aliphatic hydroxyl groups is 1. The molecule has 4 N–H and O–H groups in total. The largest absolute Gasteiger partial charge is 0.502 e. The number of anilines is 1. The molecule has 0 unspecified atom stereocenters. The van der Waals surface area contributed by atoms with E-state index in [2.05, 4.69) is 5.10 Å². The second-order valence-corrected chi connectivity index (χ2v) is 4.81. The van der Waals surface area contributed by atoms with Gasteiger partial charge >= 0.3 is 5.69 Å². The molecule has 0 saturated carbocycles. The molecule has 2 aromatic rings. The van der Waals surface area contributed by atoms with Crippen LogP contribution >= 0.6 is 0 Å². The molecule has 0 spiro atoms. The summed E-state index contributed by atoms with van der Waals surface area (Å²) in [5.74, 6) is -0.627. The fourth-order valence-electron chi connectivity index (χ4n) is 2.16. The number of aromatic nitrogens is 2. The average molecular weight is 340 g/mol. The lowest BCUT2D eigenvalue weighted by atomic mass is 10.0. The van der Waals surface area contributed by atoms with Crippen LogP contribution in [0.1, 0.15) is 16.8 Å². The Balaban J connectivity index is 2.63. The standard InChI is InChI=1S/C15H12N6O4/c16-7-10(6-9-2-1-3-12(14(9)23)21(24)25)13-11(8-17)15(18)20(19-13)4-5-22/h1-3,6,22-23H,4-5,18H2/b10-6+. The summed E-state index contributed by atoms with van der Waals surface area (Å²) in [5.41, 5.74) is 5.05. The number of aliphatic hydroxyl groups excluding tert-OH is 1. The van der Waals surface area contributed by atoms with Crippen LogP contribution in [-0.4, -0.2) is 31.5 Å². The SMILES string of the molecule is N#C/C(=C\c1cccc([N+](=O)[O-])c1O)c1nn(CCO)c(N)c1C#N. The van der Waals surface area contributed by atoms with Gasteiger partial charge in [0.15, 0.2) is 0 Å². The van der Waals surface area contributed by atoms with Crippen LogP contribution in [0.5, 0.6) is 5.75 Å². The number of benzene rings is 1. The van der Waals surface area contributed by atoms with Crippen LogP contribution in [0.3, 0.4) is 0 Å². The molecular formula is C15H12N6O4. The fraction of sp³-hybridized carbons (Fsp3) is 0.133. The molecule has 0 atom stereocenters. The van der Waals surface area contributed by atoms with E-state index in [1.807, 2.05) is 12.1 Å². The van der Waals surface area contributed by atoms with Crippen molar-refractivity contribution in [2.24, 2.45) is 0 Å². The number of hydrogen-bond acceptors (Lipinski definition) is 8. The number of nitro groups is 1. The Kier molecular flexibility index (Phi) is 4.98. The molecule has 0 bridgehead atoms. The Labute approximate surface area is 141 Å². The van der Waals surface area contributed by atoms with Gasteiger partial charge in [-0.05, 0) is 6.08 Å². The van der Waals surface area contributed by atoms with Gasteiger partial charge in [-0.1, -0.05) is 12.1 Å². The van der Waals surface area contributed by atoms with Crippen molar-refractivity contribution in [3.05, 3.63) is 45.1 Å². The Morgan fingerprint density at radius 1 is 1.48 bits per heavy atom. The van der Waals surface area contributed by atoms with Crippen LogP contribution in [0.4, 0.5) is 11.5 Å². The van der Waals surface area contributed by atoms with Crippen molar-refractivity contribution in [2.75, 3.05) is 12.3 Å². The molecule has 0 saturated heterocycles. The number of allylic oxidation sites excluding steroid dienone is 1. The summed E-state index contributed by atoms with van der Waals surface area (Å²) in [4.78, 5) is 10.1. The molecule has 25 heavy (non-hydrogen) atoms. The van der Waals surface area contributed by atoms with Gasteiger partial charge in [-0.25, -0.2) is 4.68 Å². The number of nitrogens with two attached hydrogens (primary N) is 1. The minimum atomic E-state index is -0.757. The van der Waals surface area contributed by atoms with Crippen molar-refractivity contribution in [1.82, 2.24) is 9.78 Å². The van der Waals surface area contributed by atoms with Gasteiger partial charge in [0.1, 0.15) is 29.2 Å². The number of rotatable bonds is 5.